The summed E-state index contributed by atoms with van der Waals surface area (Å²) >= 11 is 0. The minimum Gasteiger partial charge on any atom is -0.356 e. The Hall–Kier alpha value is -0.570. The highest BCUT2D eigenvalue weighted by Gasteiger charge is 2.30. The van der Waals surface area contributed by atoms with Crippen molar-refractivity contribution in [3.63, 3.8) is 0 Å². The first-order chi connectivity index (χ1) is 7.68. The van der Waals surface area contributed by atoms with E-state index in [1.54, 1.807) is 0 Å². The lowest BCUT2D eigenvalue weighted by Gasteiger charge is -2.33. The fraction of sp³-hybridized carbons (Fsp3) is 0.923. The first kappa shape index (κ1) is 11.9. The first-order valence-corrected chi connectivity index (χ1v) is 6.74. The minimum atomic E-state index is -0.206. The van der Waals surface area contributed by atoms with E-state index in [2.05, 4.69) is 5.32 Å². The van der Waals surface area contributed by atoms with Crippen LogP contribution in [0.2, 0.25) is 0 Å². The van der Waals surface area contributed by atoms with Crippen LogP contribution in [0.4, 0.5) is 0 Å². The van der Waals surface area contributed by atoms with Crippen LogP contribution in [0.1, 0.15) is 57.8 Å². The highest BCUT2D eigenvalue weighted by atomic mass is 16.1. The van der Waals surface area contributed by atoms with E-state index in [4.69, 9.17) is 5.73 Å². The normalized spacial score (nSPS) is 24.8. The number of amides is 1. The third kappa shape index (κ3) is 3.21. The van der Waals surface area contributed by atoms with E-state index in [9.17, 15) is 4.79 Å². The predicted molar refractivity (Wildman–Crippen MR) is 65.0 cm³/mol. The molecule has 0 aromatic rings. The molecule has 0 saturated heterocycles. The monoisotopic (exact) mass is 224 g/mol. The molecule has 0 aliphatic heterocycles. The molecule has 2 aliphatic rings. The van der Waals surface area contributed by atoms with E-state index in [1.807, 2.05) is 0 Å². The second-order valence-corrected chi connectivity index (χ2v) is 5.70. The van der Waals surface area contributed by atoms with Crippen molar-refractivity contribution in [2.75, 3.05) is 6.54 Å². The highest BCUT2D eigenvalue weighted by molar-refractivity contribution is 5.77. The molecule has 92 valence electrons. The summed E-state index contributed by atoms with van der Waals surface area (Å²) in [6.07, 6.45) is 10.1. The van der Waals surface area contributed by atoms with Crippen molar-refractivity contribution in [3.8, 4) is 0 Å². The lowest BCUT2D eigenvalue weighted by molar-refractivity contribution is -0.122. The van der Waals surface area contributed by atoms with Crippen LogP contribution >= 0.6 is 0 Å². The molecular formula is C13H24N2O. The van der Waals surface area contributed by atoms with E-state index in [-0.39, 0.29) is 11.4 Å². The van der Waals surface area contributed by atoms with Crippen LogP contribution in [0.3, 0.4) is 0 Å². The zero-order valence-corrected chi connectivity index (χ0v) is 10.1. The van der Waals surface area contributed by atoms with Gasteiger partial charge in [-0.15, -0.1) is 0 Å². The van der Waals surface area contributed by atoms with Crippen molar-refractivity contribution in [1.29, 1.82) is 0 Å². The number of hydrogen-bond donors (Lipinski definition) is 2. The molecule has 2 aliphatic carbocycles. The average molecular weight is 224 g/mol. The van der Waals surface area contributed by atoms with E-state index in [0.29, 0.717) is 6.42 Å². The van der Waals surface area contributed by atoms with Crippen molar-refractivity contribution in [3.05, 3.63) is 0 Å². The van der Waals surface area contributed by atoms with Gasteiger partial charge in [0.05, 0.1) is 0 Å². The van der Waals surface area contributed by atoms with Gasteiger partial charge in [0.2, 0.25) is 5.91 Å². The van der Waals surface area contributed by atoms with Gasteiger partial charge in [0.15, 0.2) is 0 Å². The SMILES string of the molecule is NC1(CC(=O)NCC2CCC2)CCCCC1. The quantitative estimate of drug-likeness (QED) is 0.767. The average Bonchev–Trinajstić information content (AvgIpc) is 2.15. The molecule has 0 aromatic carbocycles. The maximum Gasteiger partial charge on any atom is 0.221 e. The molecule has 0 bridgehead atoms. The molecular weight excluding hydrogens is 200 g/mol. The molecule has 1 amide bonds. The molecule has 3 heteroatoms. The van der Waals surface area contributed by atoms with Gasteiger partial charge in [0.1, 0.15) is 0 Å². The smallest absolute Gasteiger partial charge is 0.221 e. The lowest BCUT2D eigenvalue weighted by atomic mass is 9.80. The summed E-state index contributed by atoms with van der Waals surface area (Å²) in [5.41, 5.74) is 6.05. The molecule has 0 heterocycles. The summed E-state index contributed by atoms with van der Waals surface area (Å²) in [4.78, 5) is 11.8. The topological polar surface area (TPSA) is 55.1 Å². The van der Waals surface area contributed by atoms with E-state index in [0.717, 1.165) is 25.3 Å². The molecule has 0 radical (unpaired) electrons. The minimum absolute atomic E-state index is 0.163. The second-order valence-electron chi connectivity index (χ2n) is 5.70. The zero-order chi connectivity index (χ0) is 11.4. The summed E-state index contributed by atoms with van der Waals surface area (Å²) in [5, 5.41) is 3.04. The summed E-state index contributed by atoms with van der Waals surface area (Å²) in [6.45, 7) is 0.870. The Balaban J connectivity index is 1.68. The summed E-state index contributed by atoms with van der Waals surface area (Å²) < 4.78 is 0. The number of nitrogens with one attached hydrogen (secondary N) is 1. The molecule has 2 rings (SSSR count). The highest BCUT2D eigenvalue weighted by Crippen LogP contribution is 2.29. The van der Waals surface area contributed by atoms with Crippen LogP contribution in [0.5, 0.6) is 0 Å². The van der Waals surface area contributed by atoms with E-state index >= 15 is 0 Å². The van der Waals surface area contributed by atoms with E-state index in [1.165, 1.54) is 38.5 Å². The van der Waals surface area contributed by atoms with Gasteiger partial charge in [-0.2, -0.15) is 0 Å². The number of carbonyl (C=O) groups excluding carboxylic acids is 1. The maximum absolute atomic E-state index is 11.8. The summed E-state index contributed by atoms with van der Waals surface area (Å²) in [6, 6.07) is 0. The van der Waals surface area contributed by atoms with Gasteiger partial charge >= 0.3 is 0 Å². The maximum atomic E-state index is 11.8. The number of nitrogens with two attached hydrogens (primary N) is 1. The fourth-order valence-corrected chi connectivity index (χ4v) is 2.77. The molecule has 0 atom stereocenters. The third-order valence-electron chi connectivity index (χ3n) is 4.17. The fourth-order valence-electron chi connectivity index (χ4n) is 2.77. The lowest BCUT2D eigenvalue weighted by Crippen LogP contribution is -2.46. The largest absolute Gasteiger partial charge is 0.356 e. The molecule has 3 nitrogen and oxygen atoms in total. The van der Waals surface area contributed by atoms with Gasteiger partial charge in [-0.05, 0) is 31.6 Å². The van der Waals surface area contributed by atoms with Gasteiger partial charge in [0, 0.05) is 18.5 Å². The Morgan fingerprint density at radius 1 is 1.19 bits per heavy atom. The van der Waals surface area contributed by atoms with Gasteiger partial charge in [-0.1, -0.05) is 25.7 Å². The van der Waals surface area contributed by atoms with Crippen LogP contribution in [0.15, 0.2) is 0 Å². The molecule has 2 saturated carbocycles. The van der Waals surface area contributed by atoms with Crippen molar-refractivity contribution >= 4 is 5.91 Å². The van der Waals surface area contributed by atoms with Crippen molar-refractivity contribution in [1.82, 2.24) is 5.32 Å². The van der Waals surface area contributed by atoms with E-state index < -0.39 is 0 Å². The van der Waals surface area contributed by atoms with Crippen LogP contribution < -0.4 is 11.1 Å². The van der Waals surface area contributed by atoms with Crippen LogP contribution in [-0.4, -0.2) is 18.0 Å². The van der Waals surface area contributed by atoms with Crippen LogP contribution in [0.25, 0.3) is 0 Å². The predicted octanol–water partition coefficient (Wildman–Crippen LogP) is 1.95. The summed E-state index contributed by atoms with van der Waals surface area (Å²) in [7, 11) is 0. The van der Waals surface area contributed by atoms with Gasteiger partial charge in [-0.3, -0.25) is 4.79 Å². The van der Waals surface area contributed by atoms with Crippen LogP contribution in [-0.2, 0) is 4.79 Å². The molecule has 16 heavy (non-hydrogen) atoms. The molecule has 0 aromatic heterocycles. The molecule has 0 spiro atoms. The Bertz CT molecular complexity index is 242. The van der Waals surface area contributed by atoms with Gasteiger partial charge < -0.3 is 11.1 Å². The Labute approximate surface area is 98.2 Å². The number of hydrogen-bond acceptors (Lipinski definition) is 2. The zero-order valence-electron chi connectivity index (χ0n) is 10.1. The Morgan fingerprint density at radius 3 is 2.44 bits per heavy atom. The van der Waals surface area contributed by atoms with Crippen molar-refractivity contribution < 1.29 is 4.79 Å². The Kier molecular flexibility index (Phi) is 3.85. The molecule has 2 fully saturated rings. The second kappa shape index (κ2) is 5.17. The van der Waals surface area contributed by atoms with Crippen molar-refractivity contribution in [2.45, 2.75) is 63.3 Å². The van der Waals surface area contributed by atoms with Crippen LogP contribution in [0, 0.1) is 5.92 Å². The summed E-state index contributed by atoms with van der Waals surface area (Å²) in [5.74, 6) is 0.903. The number of rotatable bonds is 4. The first-order valence-electron chi connectivity index (χ1n) is 6.74. The van der Waals surface area contributed by atoms with Gasteiger partial charge in [0.25, 0.3) is 0 Å². The third-order valence-corrected chi connectivity index (χ3v) is 4.17. The molecule has 0 unspecified atom stereocenters. The van der Waals surface area contributed by atoms with Gasteiger partial charge in [-0.25, -0.2) is 0 Å². The Morgan fingerprint density at radius 2 is 1.88 bits per heavy atom. The standard InChI is InChI=1S/C13H24N2O/c14-13(7-2-1-3-8-13)9-12(16)15-10-11-5-4-6-11/h11H,1-10,14H2,(H,15,16). The molecule has 3 N–H and O–H groups in total. The number of carbonyl (C=O) groups is 1. The van der Waals surface area contributed by atoms with Crippen molar-refractivity contribution in [2.24, 2.45) is 11.7 Å².